The fraction of sp³-hybridized carbons (Fsp3) is 0.500. The van der Waals surface area contributed by atoms with Crippen LogP contribution < -0.4 is 5.32 Å². The number of carbonyl (C=O) groups excluding carboxylic acids is 1. The number of hydrogen-bond acceptors (Lipinski definition) is 4. The van der Waals surface area contributed by atoms with Crippen LogP contribution in [-0.2, 0) is 11.2 Å². The van der Waals surface area contributed by atoms with E-state index in [9.17, 15) is 9.18 Å². The number of benzene rings is 1. The van der Waals surface area contributed by atoms with Crippen molar-refractivity contribution in [1.82, 2.24) is 15.1 Å². The minimum absolute atomic E-state index is 0.125. The molecule has 1 N–H and O–H groups in total. The van der Waals surface area contributed by atoms with Crippen LogP contribution in [0.2, 0.25) is 0 Å². The van der Waals surface area contributed by atoms with Gasteiger partial charge in [-0.15, -0.1) is 0 Å². The Bertz CT molecular complexity index is 739. The van der Waals surface area contributed by atoms with Crippen LogP contribution in [0.3, 0.4) is 0 Å². The Morgan fingerprint density at radius 2 is 2.12 bits per heavy atom. The first-order valence-electron chi connectivity index (χ1n) is 8.59. The van der Waals surface area contributed by atoms with Crippen LogP contribution in [0.5, 0.6) is 0 Å². The third-order valence-electron chi connectivity index (χ3n) is 5.14. The van der Waals surface area contributed by atoms with E-state index in [0.717, 1.165) is 56.6 Å². The van der Waals surface area contributed by atoms with Gasteiger partial charge in [0.05, 0.1) is 12.7 Å². The molecular formula is C18H22FN3O2. The lowest BCUT2D eigenvalue weighted by atomic mass is 10.1. The molecule has 0 saturated carbocycles. The fourth-order valence-electron chi connectivity index (χ4n) is 3.78. The molecule has 0 aliphatic carbocycles. The average molecular weight is 331 g/mol. The number of nitrogens with zero attached hydrogens (tertiary/aromatic N) is 2. The van der Waals surface area contributed by atoms with E-state index < -0.39 is 0 Å². The highest BCUT2D eigenvalue weighted by Gasteiger charge is 2.31. The van der Waals surface area contributed by atoms with E-state index in [-0.39, 0.29) is 11.7 Å². The third kappa shape index (κ3) is 3.03. The second-order valence-electron chi connectivity index (χ2n) is 6.65. The van der Waals surface area contributed by atoms with Crippen molar-refractivity contribution in [2.45, 2.75) is 18.9 Å². The Morgan fingerprint density at radius 3 is 2.96 bits per heavy atom. The van der Waals surface area contributed by atoms with Gasteiger partial charge in [0.15, 0.2) is 0 Å². The summed E-state index contributed by atoms with van der Waals surface area (Å²) in [6.07, 6.45) is 2.93. The SMILES string of the molecule is O=C(Cc1coc2cc(F)ccc12)N1CCC(N2CCNCC2)C1. The highest BCUT2D eigenvalue weighted by Crippen LogP contribution is 2.24. The molecule has 2 aliphatic rings. The highest BCUT2D eigenvalue weighted by molar-refractivity contribution is 5.87. The number of nitrogens with one attached hydrogen (secondary N) is 1. The van der Waals surface area contributed by atoms with Crippen molar-refractivity contribution in [3.63, 3.8) is 0 Å². The molecule has 24 heavy (non-hydrogen) atoms. The first kappa shape index (κ1) is 15.6. The third-order valence-corrected chi connectivity index (χ3v) is 5.14. The predicted molar refractivity (Wildman–Crippen MR) is 89.3 cm³/mol. The van der Waals surface area contributed by atoms with Gasteiger partial charge in [0, 0.05) is 62.3 Å². The minimum Gasteiger partial charge on any atom is -0.464 e. The molecule has 128 valence electrons. The number of rotatable bonds is 3. The van der Waals surface area contributed by atoms with Crippen LogP contribution in [0.4, 0.5) is 4.39 Å². The molecule has 2 saturated heterocycles. The molecule has 1 aromatic heterocycles. The molecule has 4 rings (SSSR count). The van der Waals surface area contributed by atoms with Crippen LogP contribution in [-0.4, -0.2) is 61.0 Å². The van der Waals surface area contributed by atoms with E-state index in [4.69, 9.17) is 4.42 Å². The lowest BCUT2D eigenvalue weighted by Crippen LogP contribution is -2.49. The van der Waals surface area contributed by atoms with Gasteiger partial charge in [-0.2, -0.15) is 0 Å². The van der Waals surface area contributed by atoms with Gasteiger partial charge < -0.3 is 14.6 Å². The van der Waals surface area contributed by atoms with Crippen LogP contribution in [0.15, 0.2) is 28.9 Å². The van der Waals surface area contributed by atoms with Crippen molar-refractivity contribution in [1.29, 1.82) is 0 Å². The van der Waals surface area contributed by atoms with E-state index in [1.807, 2.05) is 4.90 Å². The quantitative estimate of drug-likeness (QED) is 0.929. The smallest absolute Gasteiger partial charge is 0.227 e. The van der Waals surface area contributed by atoms with Gasteiger partial charge in [0.1, 0.15) is 11.4 Å². The molecule has 0 radical (unpaired) electrons. The maximum Gasteiger partial charge on any atom is 0.227 e. The average Bonchev–Trinajstić information content (AvgIpc) is 3.23. The Hall–Kier alpha value is -1.92. The minimum atomic E-state index is -0.326. The maximum atomic E-state index is 13.2. The Kier molecular flexibility index (Phi) is 4.24. The van der Waals surface area contributed by atoms with Crippen LogP contribution >= 0.6 is 0 Å². The van der Waals surface area contributed by atoms with Crippen LogP contribution in [0.1, 0.15) is 12.0 Å². The standard InChI is InChI=1S/C18H22FN3O2/c19-14-1-2-16-13(12-24-17(16)10-14)9-18(23)22-6-3-15(11-22)21-7-4-20-5-8-21/h1-2,10,12,15,20H,3-9,11H2. The van der Waals surface area contributed by atoms with Crippen molar-refractivity contribution < 1.29 is 13.6 Å². The summed E-state index contributed by atoms with van der Waals surface area (Å²) in [5.41, 5.74) is 1.33. The zero-order valence-electron chi connectivity index (χ0n) is 13.6. The van der Waals surface area contributed by atoms with Gasteiger partial charge in [-0.3, -0.25) is 9.69 Å². The van der Waals surface area contributed by atoms with E-state index in [2.05, 4.69) is 10.2 Å². The molecule has 2 aliphatic heterocycles. The molecule has 1 amide bonds. The zero-order valence-corrected chi connectivity index (χ0v) is 13.6. The largest absolute Gasteiger partial charge is 0.464 e. The van der Waals surface area contributed by atoms with E-state index in [0.29, 0.717) is 18.0 Å². The van der Waals surface area contributed by atoms with E-state index in [1.54, 1.807) is 12.3 Å². The number of furan rings is 1. The zero-order chi connectivity index (χ0) is 16.5. The van der Waals surface area contributed by atoms with Gasteiger partial charge in [-0.1, -0.05) is 0 Å². The topological polar surface area (TPSA) is 48.7 Å². The lowest BCUT2D eigenvalue weighted by Gasteiger charge is -2.32. The van der Waals surface area contributed by atoms with Gasteiger partial charge in [-0.25, -0.2) is 4.39 Å². The highest BCUT2D eigenvalue weighted by atomic mass is 19.1. The summed E-state index contributed by atoms with van der Waals surface area (Å²) < 4.78 is 18.6. The summed E-state index contributed by atoms with van der Waals surface area (Å²) in [6, 6.07) is 4.93. The molecule has 1 unspecified atom stereocenters. The number of hydrogen-bond donors (Lipinski definition) is 1. The van der Waals surface area contributed by atoms with Crippen molar-refractivity contribution in [3.05, 3.63) is 35.8 Å². The molecule has 0 spiro atoms. The number of halogens is 1. The number of likely N-dealkylation sites (tertiary alicyclic amines) is 1. The monoisotopic (exact) mass is 331 g/mol. The Morgan fingerprint density at radius 1 is 1.29 bits per heavy atom. The van der Waals surface area contributed by atoms with E-state index >= 15 is 0 Å². The first-order valence-corrected chi connectivity index (χ1v) is 8.59. The van der Waals surface area contributed by atoms with Gasteiger partial charge in [0.25, 0.3) is 0 Å². The van der Waals surface area contributed by atoms with Crippen molar-refractivity contribution in [2.24, 2.45) is 0 Å². The van der Waals surface area contributed by atoms with Crippen molar-refractivity contribution >= 4 is 16.9 Å². The molecule has 1 aromatic carbocycles. The van der Waals surface area contributed by atoms with Crippen LogP contribution in [0.25, 0.3) is 11.0 Å². The summed E-state index contributed by atoms with van der Waals surface area (Å²) in [7, 11) is 0. The lowest BCUT2D eigenvalue weighted by molar-refractivity contribution is -0.129. The second-order valence-corrected chi connectivity index (χ2v) is 6.65. The summed E-state index contributed by atoms with van der Waals surface area (Å²) in [5.74, 6) is -0.201. The normalized spacial score (nSPS) is 22.4. The molecule has 6 heteroatoms. The van der Waals surface area contributed by atoms with Crippen LogP contribution in [0, 0.1) is 5.82 Å². The van der Waals surface area contributed by atoms with Gasteiger partial charge >= 0.3 is 0 Å². The van der Waals surface area contributed by atoms with Gasteiger partial charge in [-0.05, 0) is 18.6 Å². The molecular weight excluding hydrogens is 309 g/mol. The summed E-state index contributed by atoms with van der Waals surface area (Å²) in [6.45, 7) is 5.81. The number of fused-ring (bicyclic) bond motifs is 1. The molecule has 0 bridgehead atoms. The fourth-order valence-corrected chi connectivity index (χ4v) is 3.78. The number of carbonyl (C=O) groups is 1. The van der Waals surface area contributed by atoms with Crippen molar-refractivity contribution in [2.75, 3.05) is 39.3 Å². The van der Waals surface area contributed by atoms with Gasteiger partial charge in [0.2, 0.25) is 5.91 Å². The first-order chi connectivity index (χ1) is 11.7. The summed E-state index contributed by atoms with van der Waals surface area (Å²) in [4.78, 5) is 17.1. The number of amides is 1. The second kappa shape index (κ2) is 6.53. The maximum absolute atomic E-state index is 13.2. The molecule has 2 aromatic rings. The Labute approximate surface area is 140 Å². The predicted octanol–water partition coefficient (Wildman–Crippen LogP) is 1.62. The molecule has 2 fully saturated rings. The summed E-state index contributed by atoms with van der Waals surface area (Å²) >= 11 is 0. The summed E-state index contributed by atoms with van der Waals surface area (Å²) in [5, 5.41) is 4.19. The molecule has 3 heterocycles. The molecule has 1 atom stereocenters. The molecule has 5 nitrogen and oxygen atoms in total. The van der Waals surface area contributed by atoms with E-state index in [1.165, 1.54) is 12.1 Å². The number of piperazine rings is 1. The van der Waals surface area contributed by atoms with Crippen molar-refractivity contribution in [3.8, 4) is 0 Å². The Balaban J connectivity index is 1.41.